The minimum atomic E-state index is -0.338. The van der Waals surface area contributed by atoms with Crippen LogP contribution >= 0.6 is 11.3 Å². The van der Waals surface area contributed by atoms with E-state index in [1.165, 1.54) is 16.9 Å². The lowest BCUT2D eigenvalue weighted by molar-refractivity contribution is 0.248. The SMILES string of the molecule is Nc1nc2c(sc(=O)n2CCN2CCN(c3ccc(OCc4ncn[nH]4)cc3F)CC2)c2cc(-c3ccco3)nn12. The van der Waals surface area contributed by atoms with Gasteiger partial charge in [-0.05, 0) is 30.3 Å². The van der Waals surface area contributed by atoms with Crippen molar-refractivity contribution in [3.63, 3.8) is 0 Å². The van der Waals surface area contributed by atoms with Gasteiger partial charge in [-0.15, -0.1) is 0 Å². The summed E-state index contributed by atoms with van der Waals surface area (Å²) in [7, 11) is 0. The Morgan fingerprint density at radius 2 is 2.02 bits per heavy atom. The van der Waals surface area contributed by atoms with Gasteiger partial charge < -0.3 is 19.8 Å². The number of nitrogens with two attached hydrogens (primary N) is 1. The van der Waals surface area contributed by atoms with Crippen molar-refractivity contribution in [1.82, 2.24) is 39.2 Å². The number of hydrogen-bond donors (Lipinski definition) is 2. The fourth-order valence-electron chi connectivity index (χ4n) is 5.03. The Labute approximate surface area is 235 Å². The highest BCUT2D eigenvalue weighted by molar-refractivity contribution is 7.17. The zero-order valence-electron chi connectivity index (χ0n) is 21.7. The number of benzene rings is 1. The first-order valence-electron chi connectivity index (χ1n) is 13.0. The zero-order chi connectivity index (χ0) is 27.9. The summed E-state index contributed by atoms with van der Waals surface area (Å²) in [6, 6.07) is 10.3. The maximum atomic E-state index is 14.9. The van der Waals surface area contributed by atoms with E-state index in [0.29, 0.717) is 66.1 Å². The predicted molar refractivity (Wildman–Crippen MR) is 151 cm³/mol. The largest absolute Gasteiger partial charge is 0.486 e. The van der Waals surface area contributed by atoms with E-state index in [4.69, 9.17) is 14.9 Å². The third-order valence-electron chi connectivity index (χ3n) is 7.13. The fraction of sp³-hybridized carbons (Fsp3) is 0.269. The van der Waals surface area contributed by atoms with E-state index in [9.17, 15) is 9.18 Å². The van der Waals surface area contributed by atoms with Crippen molar-refractivity contribution in [1.29, 1.82) is 0 Å². The number of ether oxygens (including phenoxy) is 1. The van der Waals surface area contributed by atoms with Gasteiger partial charge in [-0.2, -0.15) is 19.7 Å². The smallest absolute Gasteiger partial charge is 0.309 e. The molecule has 1 fully saturated rings. The van der Waals surface area contributed by atoms with Gasteiger partial charge in [-0.25, -0.2) is 9.37 Å². The number of H-pyrrole nitrogens is 1. The average Bonchev–Trinajstić information content (AvgIpc) is 3.79. The molecule has 0 atom stereocenters. The summed E-state index contributed by atoms with van der Waals surface area (Å²) in [5, 5.41) is 11.0. The lowest BCUT2D eigenvalue weighted by Gasteiger charge is -2.36. The molecule has 0 aliphatic carbocycles. The predicted octanol–water partition coefficient (Wildman–Crippen LogP) is 2.61. The molecular weight excluding hydrogens is 551 g/mol. The quantitative estimate of drug-likeness (QED) is 0.277. The van der Waals surface area contributed by atoms with Crippen LogP contribution in [-0.4, -0.2) is 72.0 Å². The summed E-state index contributed by atoms with van der Waals surface area (Å²) in [5.74, 6) is 1.46. The Bertz CT molecular complexity index is 1870. The van der Waals surface area contributed by atoms with E-state index in [1.54, 1.807) is 29.0 Å². The van der Waals surface area contributed by atoms with E-state index in [-0.39, 0.29) is 23.2 Å². The van der Waals surface area contributed by atoms with Gasteiger partial charge in [0.15, 0.2) is 17.2 Å². The summed E-state index contributed by atoms with van der Waals surface area (Å²) in [6.45, 7) is 4.08. The molecule has 0 spiro atoms. The molecular formula is C26H25FN10O3S. The highest BCUT2D eigenvalue weighted by Crippen LogP contribution is 2.29. The van der Waals surface area contributed by atoms with E-state index < -0.39 is 0 Å². The van der Waals surface area contributed by atoms with Gasteiger partial charge in [0.05, 0.1) is 17.5 Å². The maximum absolute atomic E-state index is 14.9. The van der Waals surface area contributed by atoms with Crippen molar-refractivity contribution < 1.29 is 13.5 Å². The number of thiazole rings is 1. The number of nitrogens with one attached hydrogen (secondary N) is 1. The second-order valence-electron chi connectivity index (χ2n) is 9.61. The monoisotopic (exact) mass is 576 g/mol. The number of anilines is 2. The topological polar surface area (TPSA) is 149 Å². The summed E-state index contributed by atoms with van der Waals surface area (Å²) < 4.78 is 29.9. The molecule has 1 aromatic carbocycles. The Morgan fingerprint density at radius 3 is 2.78 bits per heavy atom. The molecule has 6 heterocycles. The Balaban J connectivity index is 1.01. The van der Waals surface area contributed by atoms with Gasteiger partial charge in [0.2, 0.25) is 5.95 Å². The van der Waals surface area contributed by atoms with Crippen LogP contribution in [0.1, 0.15) is 5.82 Å². The van der Waals surface area contributed by atoms with Crippen molar-refractivity contribution in [3.05, 3.63) is 70.3 Å². The van der Waals surface area contributed by atoms with Crippen LogP contribution in [-0.2, 0) is 13.2 Å². The van der Waals surface area contributed by atoms with Crippen LogP contribution in [0.15, 0.2) is 58.2 Å². The van der Waals surface area contributed by atoms with E-state index in [1.807, 2.05) is 17.0 Å². The molecule has 13 nitrogen and oxygen atoms in total. The molecule has 5 aromatic heterocycles. The second-order valence-corrected chi connectivity index (χ2v) is 10.6. The number of fused-ring (bicyclic) bond motifs is 3. The average molecular weight is 577 g/mol. The molecule has 0 bridgehead atoms. The third kappa shape index (κ3) is 4.78. The van der Waals surface area contributed by atoms with E-state index in [0.717, 1.165) is 29.1 Å². The first-order chi connectivity index (χ1) is 20.0. The van der Waals surface area contributed by atoms with Gasteiger partial charge in [-0.1, -0.05) is 11.3 Å². The Kier molecular flexibility index (Phi) is 6.36. The normalized spacial score (nSPS) is 14.4. The number of piperazine rings is 1. The first-order valence-corrected chi connectivity index (χ1v) is 13.8. The summed E-state index contributed by atoms with van der Waals surface area (Å²) in [6.07, 6.45) is 2.98. The molecule has 0 unspecified atom stereocenters. The molecule has 210 valence electrons. The molecule has 7 rings (SSSR count). The van der Waals surface area contributed by atoms with Crippen LogP contribution in [0, 0.1) is 5.82 Å². The number of aromatic amines is 1. The molecule has 0 radical (unpaired) electrons. The van der Waals surface area contributed by atoms with Gasteiger partial charge in [-0.3, -0.25) is 19.4 Å². The molecule has 0 saturated carbocycles. The van der Waals surface area contributed by atoms with Crippen LogP contribution in [0.25, 0.3) is 27.3 Å². The zero-order valence-corrected chi connectivity index (χ0v) is 22.6. The number of nitrogen functional groups attached to an aromatic ring is 1. The molecule has 1 aliphatic rings. The Morgan fingerprint density at radius 1 is 1.15 bits per heavy atom. The lowest BCUT2D eigenvalue weighted by Crippen LogP contribution is -2.47. The van der Waals surface area contributed by atoms with Crippen LogP contribution in [0.2, 0.25) is 0 Å². The lowest BCUT2D eigenvalue weighted by atomic mass is 10.2. The highest BCUT2D eigenvalue weighted by atomic mass is 32.1. The molecule has 6 aromatic rings. The van der Waals surface area contributed by atoms with Gasteiger partial charge in [0, 0.05) is 45.3 Å². The first kappa shape index (κ1) is 25.2. The maximum Gasteiger partial charge on any atom is 0.309 e. The molecule has 1 saturated heterocycles. The van der Waals surface area contributed by atoms with E-state index in [2.05, 4.69) is 30.2 Å². The standard InChI is InChI=1S/C26H25FN10O3S/c27-17-12-16(40-14-22-29-15-30-32-22)3-4-19(17)35-8-5-34(6-9-35)7-10-36-24-23(41-26(36)38)20-13-18(21-2-1-11-39-21)33-37(20)25(28)31-24/h1-4,11-13,15H,5-10,14H2,(H2,28,31)(H,29,30,32). The van der Waals surface area contributed by atoms with E-state index >= 15 is 0 Å². The minimum Gasteiger partial charge on any atom is -0.486 e. The molecule has 1 aliphatic heterocycles. The van der Waals surface area contributed by atoms with Crippen LogP contribution in [0.4, 0.5) is 16.0 Å². The molecule has 41 heavy (non-hydrogen) atoms. The number of nitrogens with zero attached hydrogens (tertiary/aromatic N) is 8. The number of hydrogen-bond acceptors (Lipinski definition) is 11. The summed E-state index contributed by atoms with van der Waals surface area (Å²) >= 11 is 1.13. The summed E-state index contributed by atoms with van der Waals surface area (Å²) in [5.41, 5.74) is 8.63. The minimum absolute atomic E-state index is 0.105. The van der Waals surface area contributed by atoms with Crippen molar-refractivity contribution in [2.45, 2.75) is 13.2 Å². The molecule has 0 amide bonds. The van der Waals surface area contributed by atoms with Crippen LogP contribution in [0.3, 0.4) is 0 Å². The van der Waals surface area contributed by atoms with Gasteiger partial charge in [0.1, 0.15) is 34.9 Å². The second kappa shape index (κ2) is 10.3. The summed E-state index contributed by atoms with van der Waals surface area (Å²) in [4.78, 5) is 25.7. The van der Waals surface area contributed by atoms with Crippen molar-refractivity contribution in [3.8, 4) is 17.2 Å². The highest BCUT2D eigenvalue weighted by Gasteiger charge is 2.22. The van der Waals surface area contributed by atoms with Gasteiger partial charge in [0.25, 0.3) is 0 Å². The van der Waals surface area contributed by atoms with Crippen LogP contribution < -0.4 is 20.2 Å². The van der Waals surface area contributed by atoms with Crippen LogP contribution in [0.5, 0.6) is 5.75 Å². The van der Waals surface area contributed by atoms with Gasteiger partial charge >= 0.3 is 4.87 Å². The molecule has 3 N–H and O–H groups in total. The number of aromatic nitrogens is 7. The third-order valence-corrected chi connectivity index (χ3v) is 8.12. The molecule has 15 heteroatoms. The Hall–Kier alpha value is -4.76. The number of rotatable bonds is 8. The number of furan rings is 1. The van der Waals surface area contributed by atoms with Crippen molar-refractivity contribution >= 4 is 38.8 Å². The fourth-order valence-corrected chi connectivity index (χ4v) is 5.99. The number of halogens is 1. The van der Waals surface area contributed by atoms with Crippen molar-refractivity contribution in [2.24, 2.45) is 0 Å². The van der Waals surface area contributed by atoms with Crippen molar-refractivity contribution in [2.75, 3.05) is 43.4 Å².